The number of benzene rings is 1. The second-order valence-corrected chi connectivity index (χ2v) is 4.37. The summed E-state index contributed by atoms with van der Waals surface area (Å²) in [7, 11) is 0. The second-order valence-electron chi connectivity index (χ2n) is 4.37. The molecule has 1 aromatic carbocycles. The molecule has 0 spiro atoms. The van der Waals surface area contributed by atoms with Gasteiger partial charge in [-0.25, -0.2) is 0 Å². The molecule has 0 aliphatic rings. The van der Waals surface area contributed by atoms with E-state index in [1.165, 1.54) is 12.1 Å². The summed E-state index contributed by atoms with van der Waals surface area (Å²) >= 11 is 0. The van der Waals surface area contributed by atoms with Crippen molar-refractivity contribution < 1.29 is 18.6 Å². The summed E-state index contributed by atoms with van der Waals surface area (Å²) in [6.45, 7) is -0.0873. The lowest BCUT2D eigenvalue weighted by Crippen LogP contribution is -2.04. The third-order valence-electron chi connectivity index (χ3n) is 2.93. The molecule has 0 fully saturated rings. The fourth-order valence-corrected chi connectivity index (χ4v) is 1.90. The average Bonchev–Trinajstić information content (AvgIpc) is 2.86. The molecule has 1 aromatic heterocycles. The van der Waals surface area contributed by atoms with E-state index in [9.17, 15) is 13.9 Å². The van der Waals surface area contributed by atoms with Crippen molar-refractivity contribution in [2.45, 2.75) is 32.6 Å². The minimum Gasteiger partial charge on any atom is -0.435 e. The molecule has 1 atom stereocenters. The van der Waals surface area contributed by atoms with E-state index in [1.54, 1.807) is 23.0 Å². The van der Waals surface area contributed by atoms with Gasteiger partial charge in [-0.05, 0) is 30.2 Å². The highest BCUT2D eigenvalue weighted by Crippen LogP contribution is 2.22. The number of aliphatic hydroxyl groups excluding tert-OH is 1. The number of hydrogen-bond donors (Lipinski definition) is 1. The van der Waals surface area contributed by atoms with Crippen molar-refractivity contribution in [3.05, 3.63) is 47.8 Å². The third-order valence-corrected chi connectivity index (χ3v) is 2.93. The van der Waals surface area contributed by atoms with Gasteiger partial charge in [0.25, 0.3) is 0 Å². The number of nitrogens with zero attached hydrogens (tertiary/aromatic N) is 2. The van der Waals surface area contributed by atoms with Crippen LogP contribution in [0.5, 0.6) is 5.75 Å². The maximum Gasteiger partial charge on any atom is 0.387 e. The van der Waals surface area contributed by atoms with Gasteiger partial charge in [-0.3, -0.25) is 4.68 Å². The maximum absolute atomic E-state index is 12.0. The van der Waals surface area contributed by atoms with Crippen LogP contribution in [0, 0.1) is 0 Å². The monoisotopic (exact) mass is 282 g/mol. The van der Waals surface area contributed by atoms with E-state index in [0.717, 1.165) is 12.1 Å². The zero-order chi connectivity index (χ0) is 14.5. The van der Waals surface area contributed by atoms with Gasteiger partial charge < -0.3 is 9.84 Å². The molecule has 6 heteroatoms. The quantitative estimate of drug-likeness (QED) is 0.886. The lowest BCUT2D eigenvalue weighted by Gasteiger charge is -2.11. The molecule has 1 heterocycles. The molecular formula is C14H16F2N2O2. The van der Waals surface area contributed by atoms with Crippen molar-refractivity contribution in [1.29, 1.82) is 0 Å². The summed E-state index contributed by atoms with van der Waals surface area (Å²) < 4.78 is 30.1. The van der Waals surface area contributed by atoms with Gasteiger partial charge in [0.05, 0.1) is 12.3 Å². The molecule has 4 nitrogen and oxygen atoms in total. The predicted octanol–water partition coefficient (Wildman–Crippen LogP) is 2.78. The summed E-state index contributed by atoms with van der Waals surface area (Å²) in [4.78, 5) is 0. The first kappa shape index (κ1) is 14.5. The molecule has 2 aromatic rings. The van der Waals surface area contributed by atoms with Gasteiger partial charge in [0.15, 0.2) is 0 Å². The Kier molecular flexibility index (Phi) is 4.68. The Hall–Kier alpha value is -1.95. The zero-order valence-electron chi connectivity index (χ0n) is 11.0. The van der Waals surface area contributed by atoms with Crippen molar-refractivity contribution in [3.8, 4) is 5.75 Å². The van der Waals surface area contributed by atoms with Crippen molar-refractivity contribution in [3.63, 3.8) is 0 Å². The molecular weight excluding hydrogens is 266 g/mol. The largest absolute Gasteiger partial charge is 0.435 e. The Morgan fingerprint density at radius 1 is 1.30 bits per heavy atom. The number of halogens is 2. The van der Waals surface area contributed by atoms with Gasteiger partial charge >= 0.3 is 6.61 Å². The van der Waals surface area contributed by atoms with E-state index < -0.39 is 12.7 Å². The number of ether oxygens (including phenoxy) is 1. The van der Waals surface area contributed by atoms with E-state index in [-0.39, 0.29) is 5.75 Å². The molecule has 108 valence electrons. The molecule has 0 saturated heterocycles. The number of hydrogen-bond acceptors (Lipinski definition) is 3. The number of alkyl halides is 2. The first-order valence-electron chi connectivity index (χ1n) is 6.32. The fraction of sp³-hybridized carbons (Fsp3) is 0.357. The van der Waals surface area contributed by atoms with Gasteiger partial charge in [0.2, 0.25) is 0 Å². The molecule has 0 aliphatic heterocycles. The van der Waals surface area contributed by atoms with Gasteiger partial charge in [-0.2, -0.15) is 13.9 Å². The van der Waals surface area contributed by atoms with Crippen LogP contribution in [0.25, 0.3) is 0 Å². The highest BCUT2D eigenvalue weighted by molar-refractivity contribution is 5.29. The number of aryl methyl sites for hydroxylation is 1. The molecule has 20 heavy (non-hydrogen) atoms. The molecule has 0 amide bonds. The summed E-state index contributed by atoms with van der Waals surface area (Å²) in [6.07, 6.45) is 3.30. The van der Waals surface area contributed by atoms with Crippen LogP contribution in [0.1, 0.15) is 24.2 Å². The van der Waals surface area contributed by atoms with E-state index >= 15 is 0 Å². The molecule has 0 saturated carbocycles. The van der Waals surface area contributed by atoms with Crippen molar-refractivity contribution in [2.24, 2.45) is 0 Å². The van der Waals surface area contributed by atoms with Crippen molar-refractivity contribution >= 4 is 0 Å². The fourth-order valence-electron chi connectivity index (χ4n) is 1.90. The third kappa shape index (κ3) is 3.77. The Morgan fingerprint density at radius 2 is 2.00 bits per heavy atom. The van der Waals surface area contributed by atoms with Crippen LogP contribution in [-0.4, -0.2) is 21.5 Å². The van der Waals surface area contributed by atoms with Gasteiger partial charge in [-0.15, -0.1) is 0 Å². The molecule has 0 radical (unpaired) electrons. The smallest absolute Gasteiger partial charge is 0.387 e. The lowest BCUT2D eigenvalue weighted by atomic mass is 10.0. The molecule has 0 aliphatic carbocycles. The van der Waals surface area contributed by atoms with E-state index in [2.05, 4.69) is 9.84 Å². The van der Waals surface area contributed by atoms with Crippen LogP contribution >= 0.6 is 0 Å². The van der Waals surface area contributed by atoms with Crippen LogP contribution in [0.4, 0.5) is 8.78 Å². The minimum absolute atomic E-state index is 0.0785. The number of aromatic nitrogens is 2. The van der Waals surface area contributed by atoms with Crippen LogP contribution in [0.15, 0.2) is 36.7 Å². The standard InChI is InChI=1S/C14H16F2N2O2/c1-2-18-9-10(8-17-18)7-13(19)11-3-5-12(6-4-11)20-14(15)16/h3-6,8-9,13-14,19H,2,7H2,1H3. The van der Waals surface area contributed by atoms with Gasteiger partial charge in [0.1, 0.15) is 5.75 Å². The van der Waals surface area contributed by atoms with Gasteiger partial charge in [0, 0.05) is 19.2 Å². The minimum atomic E-state index is -2.84. The van der Waals surface area contributed by atoms with Crippen LogP contribution in [0.2, 0.25) is 0 Å². The van der Waals surface area contributed by atoms with Crippen molar-refractivity contribution in [1.82, 2.24) is 9.78 Å². The highest BCUT2D eigenvalue weighted by Gasteiger charge is 2.11. The Balaban J connectivity index is 1.99. The summed E-state index contributed by atoms with van der Waals surface area (Å²) in [5.74, 6) is 0.0785. The van der Waals surface area contributed by atoms with Crippen LogP contribution in [-0.2, 0) is 13.0 Å². The van der Waals surface area contributed by atoms with E-state index in [1.807, 2.05) is 13.1 Å². The predicted molar refractivity (Wildman–Crippen MR) is 69.6 cm³/mol. The normalized spacial score (nSPS) is 12.7. The topological polar surface area (TPSA) is 47.3 Å². The summed E-state index contributed by atoms with van der Waals surface area (Å²) in [5, 5.41) is 14.2. The van der Waals surface area contributed by atoms with Crippen LogP contribution < -0.4 is 4.74 Å². The molecule has 0 bridgehead atoms. The SMILES string of the molecule is CCn1cc(CC(O)c2ccc(OC(F)F)cc2)cn1. The van der Waals surface area contributed by atoms with E-state index in [0.29, 0.717) is 12.0 Å². The molecule has 1 N–H and O–H groups in total. The Bertz CT molecular complexity index is 540. The zero-order valence-corrected chi connectivity index (χ0v) is 11.0. The summed E-state index contributed by atoms with van der Waals surface area (Å²) in [5.41, 5.74) is 1.57. The Morgan fingerprint density at radius 3 is 2.55 bits per heavy atom. The average molecular weight is 282 g/mol. The second kappa shape index (κ2) is 6.47. The first-order valence-corrected chi connectivity index (χ1v) is 6.32. The lowest BCUT2D eigenvalue weighted by molar-refractivity contribution is -0.0498. The van der Waals surface area contributed by atoms with E-state index in [4.69, 9.17) is 0 Å². The molecule has 2 rings (SSSR count). The van der Waals surface area contributed by atoms with Crippen LogP contribution in [0.3, 0.4) is 0 Å². The maximum atomic E-state index is 12.0. The number of rotatable bonds is 6. The Labute approximate surface area is 115 Å². The summed E-state index contributed by atoms with van der Waals surface area (Å²) in [6, 6.07) is 5.99. The molecule has 1 unspecified atom stereocenters. The highest BCUT2D eigenvalue weighted by atomic mass is 19.3. The number of aliphatic hydroxyl groups is 1. The van der Waals surface area contributed by atoms with Crippen molar-refractivity contribution in [2.75, 3.05) is 0 Å². The first-order chi connectivity index (χ1) is 9.58. The van der Waals surface area contributed by atoms with Gasteiger partial charge in [-0.1, -0.05) is 12.1 Å².